The first-order valence-electron chi connectivity index (χ1n) is 11.6. The van der Waals surface area contributed by atoms with Crippen LogP contribution in [0.15, 0.2) is 72.8 Å². The maximum Gasteiger partial charge on any atom is 0.339 e. The van der Waals surface area contributed by atoms with Crippen LogP contribution in [0.5, 0.6) is 5.75 Å². The van der Waals surface area contributed by atoms with Crippen LogP contribution in [0.1, 0.15) is 33.2 Å². The molecule has 1 saturated heterocycles. The minimum atomic E-state index is -0.720. The van der Waals surface area contributed by atoms with E-state index >= 15 is 0 Å². The Morgan fingerprint density at radius 1 is 0.944 bits per heavy atom. The fourth-order valence-electron chi connectivity index (χ4n) is 5.38. The van der Waals surface area contributed by atoms with Gasteiger partial charge >= 0.3 is 12.0 Å². The zero-order chi connectivity index (χ0) is 25.0. The number of nitrogens with one attached hydrogen (secondary N) is 1. The van der Waals surface area contributed by atoms with Gasteiger partial charge in [-0.25, -0.2) is 14.5 Å². The number of nitrogens with zero attached hydrogens (tertiary/aromatic N) is 2. The molecule has 0 aliphatic carbocycles. The molecule has 180 valence electrons. The summed E-state index contributed by atoms with van der Waals surface area (Å²) >= 11 is 0. The first kappa shape index (κ1) is 21.9. The summed E-state index contributed by atoms with van der Waals surface area (Å²) in [5.74, 6) is -0.287. The predicted octanol–water partition coefficient (Wildman–Crippen LogP) is 4.45. The fraction of sp³-hybridized carbons (Fsp3) is 0.179. The van der Waals surface area contributed by atoms with Crippen molar-refractivity contribution in [3.63, 3.8) is 0 Å². The molecule has 0 saturated carbocycles. The molecular formula is C28H23N3O5. The molecule has 36 heavy (non-hydrogen) atoms. The molecule has 2 aliphatic heterocycles. The summed E-state index contributed by atoms with van der Waals surface area (Å²) in [6, 6.07) is 20.2. The van der Waals surface area contributed by atoms with Gasteiger partial charge in [0.1, 0.15) is 17.8 Å². The number of anilines is 1. The molecule has 3 aromatic carbocycles. The number of aromatic nitrogens is 1. The molecule has 0 bridgehead atoms. The van der Waals surface area contributed by atoms with Crippen LogP contribution in [0.25, 0.3) is 10.9 Å². The Labute approximate surface area is 207 Å². The van der Waals surface area contributed by atoms with E-state index in [9.17, 15) is 14.4 Å². The lowest BCUT2D eigenvalue weighted by Gasteiger charge is -2.36. The second-order valence-electron chi connectivity index (χ2n) is 8.83. The molecule has 2 aliphatic rings. The number of esters is 1. The monoisotopic (exact) mass is 481 g/mol. The molecule has 4 aromatic rings. The van der Waals surface area contributed by atoms with Crippen LogP contribution in [-0.4, -0.2) is 48.1 Å². The lowest BCUT2D eigenvalue weighted by atomic mass is 9.89. The number of imide groups is 1. The summed E-state index contributed by atoms with van der Waals surface area (Å²) in [6.07, 6.45) is 0.369. The van der Waals surface area contributed by atoms with Crippen LogP contribution >= 0.6 is 0 Å². The summed E-state index contributed by atoms with van der Waals surface area (Å²) in [5.41, 5.74) is 4.06. The quantitative estimate of drug-likeness (QED) is 0.344. The number of urea groups is 1. The van der Waals surface area contributed by atoms with Crippen molar-refractivity contribution < 1.29 is 23.9 Å². The van der Waals surface area contributed by atoms with Crippen LogP contribution in [0.4, 0.5) is 10.5 Å². The molecule has 8 heteroatoms. The number of hydrogen-bond donors (Lipinski definition) is 1. The number of methoxy groups -OCH3 is 2. The number of benzene rings is 3. The highest BCUT2D eigenvalue weighted by molar-refractivity contribution is 6.23. The Bertz CT molecular complexity index is 1520. The standard InChI is InChI=1S/C28H23N3O5/c1-35-17-13-11-16(12-14-17)25-24-20(18-7-3-5-9-21(18)29-24)15-23-26(32)31(28(34)30(23)25)22-10-6-4-8-19(22)27(33)36-2/h3-14,23,25,29H,15H2,1-2H3. The van der Waals surface area contributed by atoms with Gasteiger partial charge in [-0.3, -0.25) is 9.69 Å². The number of H-pyrrole nitrogens is 1. The highest BCUT2D eigenvalue weighted by atomic mass is 16.5. The van der Waals surface area contributed by atoms with Crippen LogP contribution in [0, 0.1) is 0 Å². The molecule has 3 amide bonds. The Hall–Kier alpha value is -4.59. The normalized spacial score (nSPS) is 18.8. The van der Waals surface area contributed by atoms with E-state index in [2.05, 4.69) is 4.98 Å². The fourth-order valence-corrected chi connectivity index (χ4v) is 5.38. The number of amides is 3. The van der Waals surface area contributed by atoms with Gasteiger partial charge in [-0.1, -0.05) is 42.5 Å². The van der Waals surface area contributed by atoms with Crippen molar-refractivity contribution in [2.24, 2.45) is 0 Å². The van der Waals surface area contributed by atoms with Gasteiger partial charge in [0.15, 0.2) is 0 Å². The van der Waals surface area contributed by atoms with E-state index in [0.29, 0.717) is 12.2 Å². The number of para-hydroxylation sites is 2. The van der Waals surface area contributed by atoms with Crippen molar-refractivity contribution in [2.45, 2.75) is 18.5 Å². The summed E-state index contributed by atoms with van der Waals surface area (Å²) < 4.78 is 10.2. The Balaban J connectivity index is 1.53. The molecule has 6 rings (SSSR count). The Kier molecular flexibility index (Phi) is 5.03. The zero-order valence-corrected chi connectivity index (χ0v) is 19.7. The van der Waals surface area contributed by atoms with Gasteiger partial charge in [0.05, 0.1) is 25.5 Å². The average molecular weight is 482 g/mol. The lowest BCUT2D eigenvalue weighted by Crippen LogP contribution is -2.44. The van der Waals surface area contributed by atoms with E-state index in [4.69, 9.17) is 9.47 Å². The SMILES string of the molecule is COC(=O)c1ccccc1N1C(=O)C2Cc3c([nH]c4ccccc34)C(c3ccc(OC)cc3)N2C1=O. The second kappa shape index (κ2) is 8.27. The number of rotatable bonds is 4. The lowest BCUT2D eigenvalue weighted by molar-refractivity contribution is -0.120. The van der Waals surface area contributed by atoms with Crippen molar-refractivity contribution in [3.8, 4) is 5.75 Å². The number of carbonyl (C=O) groups is 3. The summed E-state index contributed by atoms with van der Waals surface area (Å²) in [7, 11) is 2.87. The van der Waals surface area contributed by atoms with E-state index < -0.39 is 24.1 Å². The number of aromatic amines is 1. The molecule has 1 fully saturated rings. The van der Waals surface area contributed by atoms with Gasteiger partial charge in [-0.05, 0) is 41.5 Å². The topological polar surface area (TPSA) is 91.9 Å². The van der Waals surface area contributed by atoms with Crippen molar-refractivity contribution in [3.05, 3.63) is 95.2 Å². The molecule has 3 heterocycles. The van der Waals surface area contributed by atoms with E-state index in [0.717, 1.165) is 32.6 Å². The van der Waals surface area contributed by atoms with Gasteiger partial charge in [0, 0.05) is 23.0 Å². The zero-order valence-electron chi connectivity index (χ0n) is 19.7. The van der Waals surface area contributed by atoms with Gasteiger partial charge in [0.2, 0.25) is 0 Å². The van der Waals surface area contributed by atoms with Crippen LogP contribution in [0.2, 0.25) is 0 Å². The van der Waals surface area contributed by atoms with Crippen LogP contribution < -0.4 is 9.64 Å². The summed E-state index contributed by atoms with van der Waals surface area (Å²) in [5, 5.41) is 1.03. The van der Waals surface area contributed by atoms with Gasteiger partial charge in [-0.2, -0.15) is 0 Å². The van der Waals surface area contributed by atoms with Crippen molar-refractivity contribution in [2.75, 3.05) is 19.1 Å². The van der Waals surface area contributed by atoms with Gasteiger partial charge in [-0.15, -0.1) is 0 Å². The highest BCUT2D eigenvalue weighted by Gasteiger charge is 2.53. The van der Waals surface area contributed by atoms with E-state index in [-0.39, 0.29) is 17.2 Å². The highest BCUT2D eigenvalue weighted by Crippen LogP contribution is 2.45. The van der Waals surface area contributed by atoms with Crippen molar-refractivity contribution in [1.29, 1.82) is 0 Å². The number of carbonyl (C=O) groups excluding carboxylic acids is 3. The largest absolute Gasteiger partial charge is 0.497 e. The maximum absolute atomic E-state index is 14.0. The summed E-state index contributed by atoms with van der Waals surface area (Å²) in [4.78, 5) is 46.5. The predicted molar refractivity (Wildman–Crippen MR) is 133 cm³/mol. The maximum atomic E-state index is 14.0. The number of hydrogen-bond acceptors (Lipinski definition) is 5. The molecule has 0 radical (unpaired) electrons. The van der Waals surface area contributed by atoms with Crippen LogP contribution in [-0.2, 0) is 16.0 Å². The molecule has 0 spiro atoms. The molecule has 8 nitrogen and oxygen atoms in total. The minimum Gasteiger partial charge on any atom is -0.497 e. The van der Waals surface area contributed by atoms with E-state index in [1.54, 1.807) is 36.3 Å². The molecule has 2 unspecified atom stereocenters. The first-order valence-corrected chi connectivity index (χ1v) is 11.6. The van der Waals surface area contributed by atoms with Crippen molar-refractivity contribution in [1.82, 2.24) is 9.88 Å². The van der Waals surface area contributed by atoms with Crippen molar-refractivity contribution >= 4 is 34.5 Å². The van der Waals surface area contributed by atoms with E-state index in [1.807, 2.05) is 48.5 Å². The third-order valence-electron chi connectivity index (χ3n) is 7.03. The second-order valence-corrected chi connectivity index (χ2v) is 8.83. The third-order valence-corrected chi connectivity index (χ3v) is 7.03. The minimum absolute atomic E-state index is 0.159. The van der Waals surface area contributed by atoms with Gasteiger partial charge in [0.25, 0.3) is 5.91 Å². The third kappa shape index (κ3) is 3.11. The first-order chi connectivity index (χ1) is 17.5. The molecule has 1 aromatic heterocycles. The van der Waals surface area contributed by atoms with E-state index in [1.165, 1.54) is 7.11 Å². The van der Waals surface area contributed by atoms with Crippen LogP contribution in [0.3, 0.4) is 0 Å². The molecule has 2 atom stereocenters. The molecular weight excluding hydrogens is 458 g/mol. The Morgan fingerprint density at radius 3 is 2.42 bits per heavy atom. The Morgan fingerprint density at radius 2 is 1.67 bits per heavy atom. The number of fused-ring (bicyclic) bond motifs is 4. The van der Waals surface area contributed by atoms with Gasteiger partial charge < -0.3 is 14.5 Å². The summed E-state index contributed by atoms with van der Waals surface area (Å²) in [6.45, 7) is 0. The number of ether oxygens (including phenoxy) is 2. The molecule has 1 N–H and O–H groups in total. The average Bonchev–Trinajstić information content (AvgIpc) is 3.41. The smallest absolute Gasteiger partial charge is 0.339 e.